The molecule has 0 spiro atoms. The molecule has 2 rings (SSSR count). The van der Waals surface area contributed by atoms with Crippen LogP contribution in [0.1, 0.15) is 38.8 Å². The standard InChI is InChI=1S/C15H22N4O2/c1-5-7-18(10-14(20)21-4)15-13-9-12(11(2)3)17-19(13)8-6-16-15/h6,8-9,11H,5,7,10H2,1-4H3. The molecule has 0 N–H and O–H groups in total. The highest BCUT2D eigenvalue weighted by Crippen LogP contribution is 2.23. The number of ether oxygens (including phenoxy) is 1. The number of methoxy groups -OCH3 is 1. The molecule has 0 bridgehead atoms. The van der Waals surface area contributed by atoms with Crippen molar-refractivity contribution in [3.05, 3.63) is 24.2 Å². The molecule has 0 aliphatic rings. The first kappa shape index (κ1) is 15.3. The van der Waals surface area contributed by atoms with E-state index in [9.17, 15) is 4.79 Å². The summed E-state index contributed by atoms with van der Waals surface area (Å²) in [4.78, 5) is 18.0. The number of aromatic nitrogens is 3. The highest BCUT2D eigenvalue weighted by atomic mass is 16.5. The number of anilines is 1. The van der Waals surface area contributed by atoms with Gasteiger partial charge in [-0.2, -0.15) is 5.10 Å². The molecule has 0 unspecified atom stereocenters. The number of carbonyl (C=O) groups excluding carboxylic acids is 1. The van der Waals surface area contributed by atoms with Crippen molar-refractivity contribution < 1.29 is 9.53 Å². The van der Waals surface area contributed by atoms with E-state index >= 15 is 0 Å². The van der Waals surface area contributed by atoms with E-state index in [1.165, 1.54) is 7.11 Å². The van der Waals surface area contributed by atoms with Crippen molar-refractivity contribution in [2.75, 3.05) is 25.1 Å². The fraction of sp³-hybridized carbons (Fsp3) is 0.533. The molecular weight excluding hydrogens is 268 g/mol. The third kappa shape index (κ3) is 3.32. The summed E-state index contributed by atoms with van der Waals surface area (Å²) in [5.41, 5.74) is 1.93. The third-order valence-electron chi connectivity index (χ3n) is 3.32. The van der Waals surface area contributed by atoms with Gasteiger partial charge in [-0.1, -0.05) is 20.8 Å². The Hall–Kier alpha value is -2.11. The molecule has 0 radical (unpaired) electrons. The molecule has 0 fully saturated rings. The van der Waals surface area contributed by atoms with Crippen molar-refractivity contribution in [3.8, 4) is 0 Å². The largest absolute Gasteiger partial charge is 0.468 e. The smallest absolute Gasteiger partial charge is 0.325 e. The van der Waals surface area contributed by atoms with Crippen molar-refractivity contribution >= 4 is 17.3 Å². The highest BCUT2D eigenvalue weighted by molar-refractivity contribution is 5.78. The number of hydrogen-bond donors (Lipinski definition) is 0. The zero-order chi connectivity index (χ0) is 15.4. The lowest BCUT2D eigenvalue weighted by Crippen LogP contribution is -2.32. The van der Waals surface area contributed by atoms with Crippen LogP contribution in [0.3, 0.4) is 0 Å². The SMILES string of the molecule is CCCN(CC(=O)OC)c1nccn2nc(C(C)C)cc12. The number of nitrogens with zero attached hydrogens (tertiary/aromatic N) is 4. The van der Waals surface area contributed by atoms with Crippen molar-refractivity contribution in [1.29, 1.82) is 0 Å². The van der Waals surface area contributed by atoms with E-state index < -0.39 is 0 Å². The topological polar surface area (TPSA) is 59.7 Å². The van der Waals surface area contributed by atoms with Gasteiger partial charge in [0.2, 0.25) is 0 Å². The molecule has 21 heavy (non-hydrogen) atoms. The lowest BCUT2D eigenvalue weighted by Gasteiger charge is -2.22. The molecule has 6 heteroatoms. The van der Waals surface area contributed by atoms with Crippen LogP contribution in [0.5, 0.6) is 0 Å². The zero-order valence-electron chi connectivity index (χ0n) is 13.0. The molecule has 0 aromatic carbocycles. The lowest BCUT2D eigenvalue weighted by molar-refractivity contribution is -0.138. The average molecular weight is 290 g/mol. The van der Waals surface area contributed by atoms with E-state index in [0.29, 0.717) is 5.92 Å². The first-order chi connectivity index (χ1) is 10.1. The van der Waals surface area contributed by atoms with Crippen molar-refractivity contribution in [1.82, 2.24) is 14.6 Å². The van der Waals surface area contributed by atoms with Gasteiger partial charge in [-0.25, -0.2) is 9.50 Å². The molecule has 2 aromatic heterocycles. The summed E-state index contributed by atoms with van der Waals surface area (Å²) in [6.07, 6.45) is 4.46. The van der Waals surface area contributed by atoms with E-state index in [1.807, 2.05) is 21.7 Å². The van der Waals surface area contributed by atoms with E-state index in [2.05, 4.69) is 30.9 Å². The second-order valence-corrected chi connectivity index (χ2v) is 5.30. The Bertz CT molecular complexity index is 621. The molecule has 0 saturated heterocycles. The minimum absolute atomic E-state index is 0.194. The van der Waals surface area contributed by atoms with Gasteiger partial charge in [-0.15, -0.1) is 0 Å². The van der Waals surface area contributed by atoms with Crippen LogP contribution in [-0.2, 0) is 9.53 Å². The van der Waals surface area contributed by atoms with Crippen LogP contribution in [0, 0.1) is 0 Å². The second kappa shape index (κ2) is 6.56. The summed E-state index contributed by atoms with van der Waals surface area (Å²) in [7, 11) is 1.40. The maximum absolute atomic E-state index is 11.6. The third-order valence-corrected chi connectivity index (χ3v) is 3.32. The Kier molecular flexibility index (Phi) is 4.77. The van der Waals surface area contributed by atoms with E-state index in [-0.39, 0.29) is 12.5 Å². The van der Waals surface area contributed by atoms with Gasteiger partial charge in [-0.05, 0) is 18.4 Å². The fourth-order valence-corrected chi connectivity index (χ4v) is 2.20. The molecule has 2 heterocycles. The molecule has 0 aliphatic carbocycles. The molecule has 0 saturated carbocycles. The predicted molar refractivity (Wildman–Crippen MR) is 81.6 cm³/mol. The molecule has 2 aromatic rings. The minimum atomic E-state index is -0.268. The van der Waals surface area contributed by atoms with Crippen molar-refractivity contribution in [2.45, 2.75) is 33.1 Å². The molecule has 0 aliphatic heterocycles. The van der Waals surface area contributed by atoms with Crippen LogP contribution in [0.15, 0.2) is 18.5 Å². The van der Waals surface area contributed by atoms with E-state index in [1.54, 1.807) is 6.20 Å². The van der Waals surface area contributed by atoms with E-state index in [4.69, 9.17) is 4.74 Å². The van der Waals surface area contributed by atoms with Crippen LogP contribution >= 0.6 is 0 Å². The van der Waals surface area contributed by atoms with Gasteiger partial charge in [0, 0.05) is 18.9 Å². The molecule has 114 valence electrons. The molecular formula is C15H22N4O2. The van der Waals surface area contributed by atoms with Crippen LogP contribution in [0.2, 0.25) is 0 Å². The summed E-state index contributed by atoms with van der Waals surface area (Å²) in [5, 5.41) is 4.55. The van der Waals surface area contributed by atoms with E-state index in [0.717, 1.165) is 30.0 Å². The Balaban J connectivity index is 2.43. The summed E-state index contributed by atoms with van der Waals surface area (Å²) in [6, 6.07) is 2.03. The fourth-order valence-electron chi connectivity index (χ4n) is 2.20. The van der Waals surface area contributed by atoms with Crippen molar-refractivity contribution in [3.63, 3.8) is 0 Å². The van der Waals surface area contributed by atoms with Gasteiger partial charge in [0.25, 0.3) is 0 Å². The minimum Gasteiger partial charge on any atom is -0.468 e. The number of esters is 1. The number of hydrogen-bond acceptors (Lipinski definition) is 5. The Labute approximate surface area is 124 Å². The first-order valence-corrected chi connectivity index (χ1v) is 7.22. The van der Waals surface area contributed by atoms with Gasteiger partial charge < -0.3 is 9.64 Å². The predicted octanol–water partition coefficient (Wildman–Crippen LogP) is 2.24. The number of carbonyl (C=O) groups is 1. The summed E-state index contributed by atoms with van der Waals surface area (Å²) in [5.74, 6) is 0.845. The van der Waals surface area contributed by atoms with Gasteiger partial charge in [-0.3, -0.25) is 4.79 Å². The summed E-state index contributed by atoms with van der Waals surface area (Å²) in [6.45, 7) is 7.21. The maximum atomic E-state index is 11.6. The Morgan fingerprint density at radius 2 is 2.24 bits per heavy atom. The van der Waals surface area contributed by atoms with Gasteiger partial charge in [0.15, 0.2) is 5.82 Å². The second-order valence-electron chi connectivity index (χ2n) is 5.30. The van der Waals surface area contributed by atoms with Crippen LogP contribution in [0.4, 0.5) is 5.82 Å². The van der Waals surface area contributed by atoms with Gasteiger partial charge >= 0.3 is 5.97 Å². The quantitative estimate of drug-likeness (QED) is 0.764. The molecule has 0 atom stereocenters. The monoisotopic (exact) mass is 290 g/mol. The first-order valence-electron chi connectivity index (χ1n) is 7.22. The normalized spacial score (nSPS) is 11.1. The lowest BCUT2D eigenvalue weighted by atomic mass is 10.1. The number of rotatable bonds is 6. The van der Waals surface area contributed by atoms with Gasteiger partial charge in [0.05, 0.1) is 12.8 Å². The van der Waals surface area contributed by atoms with Crippen LogP contribution < -0.4 is 4.90 Å². The molecule has 6 nitrogen and oxygen atoms in total. The Morgan fingerprint density at radius 1 is 1.48 bits per heavy atom. The summed E-state index contributed by atoms with van der Waals surface area (Å²) < 4.78 is 6.59. The highest BCUT2D eigenvalue weighted by Gasteiger charge is 2.17. The van der Waals surface area contributed by atoms with Crippen LogP contribution in [-0.4, -0.2) is 40.8 Å². The zero-order valence-corrected chi connectivity index (χ0v) is 13.0. The van der Waals surface area contributed by atoms with Gasteiger partial charge in [0.1, 0.15) is 12.1 Å². The summed E-state index contributed by atoms with van der Waals surface area (Å²) >= 11 is 0. The van der Waals surface area contributed by atoms with Crippen molar-refractivity contribution in [2.24, 2.45) is 0 Å². The molecule has 0 amide bonds. The van der Waals surface area contributed by atoms with Crippen LogP contribution in [0.25, 0.3) is 5.52 Å². The Morgan fingerprint density at radius 3 is 2.86 bits per heavy atom. The maximum Gasteiger partial charge on any atom is 0.325 e. The number of fused-ring (bicyclic) bond motifs is 1. The average Bonchev–Trinajstić information content (AvgIpc) is 2.90.